The Morgan fingerprint density at radius 3 is 2.86 bits per heavy atom. The van der Waals surface area contributed by atoms with Gasteiger partial charge in [0.05, 0.1) is 4.92 Å². The molecule has 0 bridgehead atoms. The van der Waals surface area contributed by atoms with Crippen LogP contribution in [0.5, 0.6) is 5.75 Å². The minimum Gasteiger partial charge on any atom is -0.480 e. The highest BCUT2D eigenvalue weighted by atomic mass is 32.1. The highest BCUT2D eigenvalue weighted by Gasteiger charge is 2.30. The SMILES string of the molecule is O=[N+]([O-])c1ccc2c(c1)C(c1nccs1)=CC(C(F)F)O2. The van der Waals surface area contributed by atoms with Gasteiger partial charge in [0.1, 0.15) is 10.8 Å². The van der Waals surface area contributed by atoms with Gasteiger partial charge < -0.3 is 4.74 Å². The van der Waals surface area contributed by atoms with Crippen LogP contribution >= 0.6 is 11.3 Å². The molecule has 8 heteroatoms. The smallest absolute Gasteiger partial charge is 0.278 e. The van der Waals surface area contributed by atoms with Crippen molar-refractivity contribution in [2.24, 2.45) is 0 Å². The third-order valence-corrected chi connectivity index (χ3v) is 3.78. The molecule has 21 heavy (non-hydrogen) atoms. The van der Waals surface area contributed by atoms with Crippen LogP contribution in [0.25, 0.3) is 5.57 Å². The average Bonchev–Trinajstić information content (AvgIpc) is 2.99. The molecule has 0 N–H and O–H groups in total. The third-order valence-electron chi connectivity index (χ3n) is 2.97. The van der Waals surface area contributed by atoms with Gasteiger partial charge >= 0.3 is 0 Å². The number of rotatable bonds is 3. The first-order chi connectivity index (χ1) is 10.1. The van der Waals surface area contributed by atoms with Gasteiger partial charge in [0, 0.05) is 34.8 Å². The number of benzene rings is 1. The molecule has 1 aromatic heterocycles. The molecule has 2 heterocycles. The highest BCUT2D eigenvalue weighted by Crippen LogP contribution is 2.39. The van der Waals surface area contributed by atoms with Crippen LogP contribution in [0, 0.1) is 10.1 Å². The van der Waals surface area contributed by atoms with E-state index in [1.54, 1.807) is 11.6 Å². The molecule has 5 nitrogen and oxygen atoms in total. The zero-order valence-corrected chi connectivity index (χ0v) is 11.2. The second-order valence-electron chi connectivity index (χ2n) is 4.27. The lowest BCUT2D eigenvalue weighted by Crippen LogP contribution is -2.26. The number of nitro benzene ring substituents is 1. The fourth-order valence-corrected chi connectivity index (χ4v) is 2.72. The van der Waals surface area contributed by atoms with Crippen molar-refractivity contribution in [1.29, 1.82) is 0 Å². The van der Waals surface area contributed by atoms with Gasteiger partial charge in [0.25, 0.3) is 12.1 Å². The molecule has 0 aliphatic carbocycles. The lowest BCUT2D eigenvalue weighted by molar-refractivity contribution is -0.384. The van der Waals surface area contributed by atoms with Crippen molar-refractivity contribution in [1.82, 2.24) is 4.98 Å². The molecule has 1 atom stereocenters. The van der Waals surface area contributed by atoms with Crippen LogP contribution in [-0.2, 0) is 0 Å². The van der Waals surface area contributed by atoms with Gasteiger partial charge in [-0.05, 0) is 12.1 Å². The van der Waals surface area contributed by atoms with Crippen molar-refractivity contribution in [3.05, 3.63) is 56.5 Å². The number of non-ortho nitro benzene ring substituents is 1. The number of nitro groups is 1. The van der Waals surface area contributed by atoms with Gasteiger partial charge in [-0.25, -0.2) is 13.8 Å². The van der Waals surface area contributed by atoms with Crippen molar-refractivity contribution in [3.8, 4) is 5.75 Å². The Morgan fingerprint density at radius 2 is 2.24 bits per heavy atom. The van der Waals surface area contributed by atoms with E-state index in [0.29, 0.717) is 16.1 Å². The van der Waals surface area contributed by atoms with E-state index >= 15 is 0 Å². The Bertz CT molecular complexity index is 716. The zero-order chi connectivity index (χ0) is 15.0. The third kappa shape index (κ3) is 2.49. The van der Waals surface area contributed by atoms with Crippen molar-refractivity contribution < 1.29 is 18.4 Å². The number of ether oxygens (including phenoxy) is 1. The summed E-state index contributed by atoms with van der Waals surface area (Å²) in [7, 11) is 0. The molecular weight excluding hydrogens is 302 g/mol. The Kier molecular flexibility index (Phi) is 3.38. The predicted molar refractivity (Wildman–Crippen MR) is 72.7 cm³/mol. The number of aromatic nitrogens is 1. The molecule has 0 saturated heterocycles. The Hall–Kier alpha value is -2.35. The molecule has 1 aliphatic rings. The normalized spacial score (nSPS) is 17.1. The first kappa shape index (κ1) is 13.6. The zero-order valence-electron chi connectivity index (χ0n) is 10.4. The summed E-state index contributed by atoms with van der Waals surface area (Å²) in [6.45, 7) is 0. The van der Waals surface area contributed by atoms with Crippen molar-refractivity contribution in [2.45, 2.75) is 12.5 Å². The Morgan fingerprint density at radius 1 is 1.43 bits per heavy atom. The maximum absolute atomic E-state index is 12.9. The van der Waals surface area contributed by atoms with Gasteiger partial charge in [-0.2, -0.15) is 0 Å². The quantitative estimate of drug-likeness (QED) is 0.643. The Labute approximate surface area is 121 Å². The van der Waals surface area contributed by atoms with Gasteiger partial charge in [0.2, 0.25) is 0 Å². The van der Waals surface area contributed by atoms with Crippen molar-refractivity contribution in [2.75, 3.05) is 0 Å². The largest absolute Gasteiger partial charge is 0.480 e. The van der Waals surface area contributed by atoms with Crippen molar-refractivity contribution >= 4 is 22.6 Å². The lowest BCUT2D eigenvalue weighted by atomic mass is 10.00. The van der Waals surface area contributed by atoms with E-state index in [-0.39, 0.29) is 11.4 Å². The monoisotopic (exact) mass is 310 g/mol. The highest BCUT2D eigenvalue weighted by molar-refractivity contribution is 7.10. The van der Waals surface area contributed by atoms with Crippen LogP contribution in [0.2, 0.25) is 0 Å². The molecule has 1 unspecified atom stereocenters. The number of thiazole rings is 1. The summed E-state index contributed by atoms with van der Waals surface area (Å²) in [6, 6.07) is 3.87. The van der Waals surface area contributed by atoms with Crippen LogP contribution in [-0.4, -0.2) is 22.4 Å². The summed E-state index contributed by atoms with van der Waals surface area (Å²) < 4.78 is 31.1. The minimum absolute atomic E-state index is 0.129. The van der Waals surface area contributed by atoms with E-state index in [2.05, 4.69) is 4.98 Å². The molecule has 0 radical (unpaired) electrons. The molecule has 108 valence electrons. The summed E-state index contributed by atoms with van der Waals surface area (Å²) in [5.74, 6) is 0.193. The standard InChI is InChI=1S/C13H8F2N2O3S/c14-12(15)11-6-9(13-16-3-4-21-13)8-5-7(17(18)19)1-2-10(8)20-11/h1-6,11-12H. The number of halogens is 2. The van der Waals surface area contributed by atoms with Gasteiger partial charge in [-0.3, -0.25) is 10.1 Å². The summed E-state index contributed by atoms with van der Waals surface area (Å²) in [6.07, 6.45) is -1.28. The molecule has 0 saturated carbocycles. The fraction of sp³-hybridized carbons (Fsp3) is 0.154. The first-order valence-corrected chi connectivity index (χ1v) is 6.79. The van der Waals surface area contributed by atoms with Crippen LogP contribution in [0.1, 0.15) is 10.6 Å². The maximum atomic E-state index is 12.9. The van der Waals surface area contributed by atoms with Crippen LogP contribution in [0.15, 0.2) is 35.9 Å². The summed E-state index contributed by atoms with van der Waals surface area (Å²) in [5.41, 5.74) is 0.701. The number of fused-ring (bicyclic) bond motifs is 1. The summed E-state index contributed by atoms with van der Waals surface area (Å²) in [4.78, 5) is 14.4. The lowest BCUT2D eigenvalue weighted by Gasteiger charge is -2.24. The van der Waals surface area contributed by atoms with Crippen LogP contribution in [0.4, 0.5) is 14.5 Å². The van der Waals surface area contributed by atoms with Gasteiger partial charge in [-0.1, -0.05) is 0 Å². The van der Waals surface area contributed by atoms with E-state index in [1.165, 1.54) is 35.6 Å². The van der Waals surface area contributed by atoms with Crippen LogP contribution in [0.3, 0.4) is 0 Å². The predicted octanol–water partition coefficient (Wildman–Crippen LogP) is 3.51. The topological polar surface area (TPSA) is 65.3 Å². The van der Waals surface area contributed by atoms with E-state index in [1.807, 2.05) is 0 Å². The molecule has 1 aromatic carbocycles. The van der Waals surface area contributed by atoms with Crippen LogP contribution < -0.4 is 4.74 Å². The number of alkyl halides is 2. The molecule has 0 fully saturated rings. The number of hydrogen-bond acceptors (Lipinski definition) is 5. The summed E-state index contributed by atoms with van der Waals surface area (Å²) in [5, 5.41) is 13.1. The fourth-order valence-electron chi connectivity index (χ4n) is 2.05. The van der Waals surface area contributed by atoms with E-state index in [0.717, 1.165) is 0 Å². The van der Waals surface area contributed by atoms with Gasteiger partial charge in [0.15, 0.2) is 6.10 Å². The molecule has 3 rings (SSSR count). The van der Waals surface area contributed by atoms with E-state index < -0.39 is 17.5 Å². The van der Waals surface area contributed by atoms with Crippen molar-refractivity contribution in [3.63, 3.8) is 0 Å². The van der Waals surface area contributed by atoms with Gasteiger partial charge in [-0.15, -0.1) is 11.3 Å². The maximum Gasteiger partial charge on any atom is 0.278 e. The number of nitrogens with zero attached hydrogens (tertiary/aromatic N) is 2. The van der Waals surface area contributed by atoms with E-state index in [9.17, 15) is 18.9 Å². The summed E-state index contributed by atoms with van der Waals surface area (Å²) >= 11 is 1.27. The Balaban J connectivity index is 2.15. The molecular formula is C13H8F2N2O3S. The molecule has 0 spiro atoms. The van der Waals surface area contributed by atoms with E-state index in [4.69, 9.17) is 4.74 Å². The second-order valence-corrected chi connectivity index (χ2v) is 5.17. The number of hydrogen-bond donors (Lipinski definition) is 0. The second kappa shape index (κ2) is 5.21. The minimum atomic E-state index is -2.69. The molecule has 0 amide bonds. The molecule has 1 aliphatic heterocycles. The average molecular weight is 310 g/mol. The molecule has 2 aromatic rings. The first-order valence-electron chi connectivity index (χ1n) is 5.91.